The number of hydrogen-bond donors (Lipinski definition) is 1. The number of benzene rings is 2. The minimum atomic E-state index is -0.325. The third-order valence-electron chi connectivity index (χ3n) is 4.29. The van der Waals surface area contributed by atoms with Crippen LogP contribution in [0.15, 0.2) is 65.5 Å². The molecule has 0 radical (unpaired) electrons. The van der Waals surface area contributed by atoms with Crippen LogP contribution in [0.5, 0.6) is 5.75 Å². The van der Waals surface area contributed by atoms with E-state index >= 15 is 0 Å². The van der Waals surface area contributed by atoms with E-state index in [4.69, 9.17) is 4.74 Å². The quantitative estimate of drug-likeness (QED) is 0.684. The van der Waals surface area contributed by atoms with Crippen molar-refractivity contribution < 1.29 is 9.53 Å². The second-order valence-corrected chi connectivity index (χ2v) is 6.23. The van der Waals surface area contributed by atoms with E-state index in [1.165, 1.54) is 10.7 Å². The Morgan fingerprint density at radius 2 is 1.79 bits per heavy atom. The standard InChI is InChI=1S/C22H23N3O3/c1-3-16-7-5-6-8-19(16)23-21(26)15-25-22(27)14-13-20(24-25)17-9-11-18(12-10-17)28-4-2/h5-14H,3-4,15H2,1-2H3,(H,23,26). The van der Waals surface area contributed by atoms with Gasteiger partial charge in [0.1, 0.15) is 12.3 Å². The summed E-state index contributed by atoms with van der Waals surface area (Å²) in [6.07, 6.45) is 0.807. The molecule has 3 rings (SSSR count). The minimum Gasteiger partial charge on any atom is -0.494 e. The van der Waals surface area contributed by atoms with Crippen LogP contribution in [-0.4, -0.2) is 22.3 Å². The van der Waals surface area contributed by atoms with E-state index < -0.39 is 0 Å². The van der Waals surface area contributed by atoms with Crippen molar-refractivity contribution in [3.05, 3.63) is 76.6 Å². The molecular weight excluding hydrogens is 354 g/mol. The average Bonchev–Trinajstić information content (AvgIpc) is 2.71. The summed E-state index contributed by atoms with van der Waals surface area (Å²) < 4.78 is 6.62. The van der Waals surface area contributed by atoms with Gasteiger partial charge in [-0.05, 0) is 55.3 Å². The van der Waals surface area contributed by atoms with Gasteiger partial charge in [-0.1, -0.05) is 25.1 Å². The maximum atomic E-state index is 12.4. The van der Waals surface area contributed by atoms with Crippen LogP contribution in [0.2, 0.25) is 0 Å². The molecule has 0 aliphatic carbocycles. The van der Waals surface area contributed by atoms with Gasteiger partial charge >= 0.3 is 0 Å². The van der Waals surface area contributed by atoms with E-state index in [0.29, 0.717) is 12.3 Å². The minimum absolute atomic E-state index is 0.151. The molecule has 6 heteroatoms. The van der Waals surface area contributed by atoms with Crippen LogP contribution in [0.1, 0.15) is 19.4 Å². The second-order valence-electron chi connectivity index (χ2n) is 6.23. The van der Waals surface area contributed by atoms with Gasteiger partial charge in [-0.15, -0.1) is 0 Å². The highest BCUT2D eigenvalue weighted by Gasteiger charge is 2.10. The highest BCUT2D eigenvalue weighted by Crippen LogP contribution is 2.20. The fourth-order valence-corrected chi connectivity index (χ4v) is 2.88. The maximum Gasteiger partial charge on any atom is 0.267 e. The Balaban J connectivity index is 1.78. The zero-order valence-corrected chi connectivity index (χ0v) is 16.0. The molecule has 144 valence electrons. The van der Waals surface area contributed by atoms with Crippen molar-refractivity contribution in [1.29, 1.82) is 0 Å². The Bertz CT molecular complexity index is 1010. The first-order chi connectivity index (χ1) is 13.6. The first kappa shape index (κ1) is 19.4. The fourth-order valence-electron chi connectivity index (χ4n) is 2.88. The van der Waals surface area contributed by atoms with Crippen molar-refractivity contribution in [2.75, 3.05) is 11.9 Å². The number of nitrogens with zero attached hydrogens (tertiary/aromatic N) is 2. The van der Waals surface area contributed by atoms with Crippen LogP contribution in [0, 0.1) is 0 Å². The molecule has 1 amide bonds. The van der Waals surface area contributed by atoms with Crippen molar-refractivity contribution in [1.82, 2.24) is 9.78 Å². The molecule has 0 bridgehead atoms. The SMILES string of the molecule is CCOc1ccc(-c2ccc(=O)n(CC(=O)Nc3ccccc3CC)n2)cc1. The molecule has 2 aromatic carbocycles. The number of para-hydroxylation sites is 1. The molecule has 28 heavy (non-hydrogen) atoms. The summed E-state index contributed by atoms with van der Waals surface area (Å²) in [5, 5.41) is 7.21. The van der Waals surface area contributed by atoms with E-state index in [-0.39, 0.29) is 18.0 Å². The number of hydrogen-bond acceptors (Lipinski definition) is 4. The molecule has 0 atom stereocenters. The summed E-state index contributed by atoms with van der Waals surface area (Å²) in [4.78, 5) is 24.6. The molecule has 0 saturated heterocycles. The van der Waals surface area contributed by atoms with E-state index in [9.17, 15) is 9.59 Å². The molecular formula is C22H23N3O3. The number of carbonyl (C=O) groups is 1. The Kier molecular flexibility index (Phi) is 6.22. The predicted octanol–water partition coefficient (Wildman–Crippen LogP) is 3.51. The Hall–Kier alpha value is -3.41. The Morgan fingerprint density at radius 3 is 2.50 bits per heavy atom. The second kappa shape index (κ2) is 8.99. The van der Waals surface area contributed by atoms with Crippen molar-refractivity contribution in [2.24, 2.45) is 0 Å². The number of nitrogens with one attached hydrogen (secondary N) is 1. The lowest BCUT2D eigenvalue weighted by molar-refractivity contribution is -0.117. The van der Waals surface area contributed by atoms with Gasteiger partial charge in [0.2, 0.25) is 5.91 Å². The lowest BCUT2D eigenvalue weighted by Crippen LogP contribution is -2.29. The Morgan fingerprint density at radius 1 is 1.04 bits per heavy atom. The highest BCUT2D eigenvalue weighted by atomic mass is 16.5. The number of aromatic nitrogens is 2. The average molecular weight is 377 g/mol. The van der Waals surface area contributed by atoms with Gasteiger partial charge in [-0.3, -0.25) is 9.59 Å². The summed E-state index contributed by atoms with van der Waals surface area (Å²) in [6, 6.07) is 18.1. The molecule has 1 aromatic heterocycles. The summed E-state index contributed by atoms with van der Waals surface area (Å²) in [7, 11) is 0. The number of carbonyl (C=O) groups excluding carboxylic acids is 1. The van der Waals surface area contributed by atoms with E-state index in [1.54, 1.807) is 6.07 Å². The van der Waals surface area contributed by atoms with Gasteiger partial charge in [-0.25, -0.2) is 4.68 Å². The van der Waals surface area contributed by atoms with E-state index in [2.05, 4.69) is 10.4 Å². The molecule has 1 heterocycles. The molecule has 1 N–H and O–H groups in total. The number of anilines is 1. The van der Waals surface area contributed by atoms with Crippen LogP contribution < -0.4 is 15.6 Å². The van der Waals surface area contributed by atoms with E-state index in [0.717, 1.165) is 29.0 Å². The first-order valence-electron chi connectivity index (χ1n) is 9.30. The summed E-state index contributed by atoms with van der Waals surface area (Å²) in [5.41, 5.74) is 2.93. The normalized spacial score (nSPS) is 10.5. The molecule has 0 saturated carbocycles. The molecule has 0 aliphatic rings. The number of ether oxygens (including phenoxy) is 1. The lowest BCUT2D eigenvalue weighted by Gasteiger charge is -2.11. The maximum absolute atomic E-state index is 12.4. The molecule has 3 aromatic rings. The van der Waals surface area contributed by atoms with Crippen LogP contribution in [0.25, 0.3) is 11.3 Å². The topological polar surface area (TPSA) is 73.2 Å². The van der Waals surface area contributed by atoms with Crippen molar-refractivity contribution in [2.45, 2.75) is 26.8 Å². The monoisotopic (exact) mass is 377 g/mol. The third kappa shape index (κ3) is 4.65. The molecule has 0 spiro atoms. The Labute approximate surface area is 163 Å². The molecule has 0 unspecified atom stereocenters. The third-order valence-corrected chi connectivity index (χ3v) is 4.29. The summed E-state index contributed by atoms with van der Waals surface area (Å²) in [6.45, 7) is 4.40. The van der Waals surface area contributed by atoms with Crippen LogP contribution in [0.3, 0.4) is 0 Å². The smallest absolute Gasteiger partial charge is 0.267 e. The zero-order chi connectivity index (χ0) is 19.9. The van der Waals surface area contributed by atoms with E-state index in [1.807, 2.05) is 62.4 Å². The van der Waals surface area contributed by atoms with Crippen LogP contribution >= 0.6 is 0 Å². The van der Waals surface area contributed by atoms with Crippen LogP contribution in [0.4, 0.5) is 5.69 Å². The molecule has 6 nitrogen and oxygen atoms in total. The van der Waals surface area contributed by atoms with Crippen LogP contribution in [-0.2, 0) is 17.8 Å². The van der Waals surface area contributed by atoms with Gasteiger partial charge in [0.05, 0.1) is 12.3 Å². The van der Waals surface area contributed by atoms with Gasteiger partial charge < -0.3 is 10.1 Å². The number of aryl methyl sites for hydroxylation is 1. The fraction of sp³-hybridized carbons (Fsp3) is 0.227. The van der Waals surface area contributed by atoms with Gasteiger partial charge in [-0.2, -0.15) is 5.10 Å². The molecule has 0 fully saturated rings. The molecule has 0 aliphatic heterocycles. The van der Waals surface area contributed by atoms with Gasteiger partial charge in [0.25, 0.3) is 5.56 Å². The first-order valence-corrected chi connectivity index (χ1v) is 9.30. The predicted molar refractivity (Wildman–Crippen MR) is 110 cm³/mol. The largest absolute Gasteiger partial charge is 0.494 e. The number of amides is 1. The zero-order valence-electron chi connectivity index (χ0n) is 16.0. The highest BCUT2D eigenvalue weighted by molar-refractivity contribution is 5.91. The van der Waals surface area contributed by atoms with Gasteiger partial charge in [0, 0.05) is 17.3 Å². The summed E-state index contributed by atoms with van der Waals surface area (Å²) in [5.74, 6) is 0.480. The number of rotatable bonds is 7. The van der Waals surface area contributed by atoms with Crippen molar-refractivity contribution in [3.63, 3.8) is 0 Å². The van der Waals surface area contributed by atoms with Crippen molar-refractivity contribution in [3.8, 4) is 17.0 Å². The van der Waals surface area contributed by atoms with Crippen molar-refractivity contribution >= 4 is 11.6 Å². The lowest BCUT2D eigenvalue weighted by atomic mass is 10.1. The van der Waals surface area contributed by atoms with Gasteiger partial charge in [0.15, 0.2) is 0 Å². The summed E-state index contributed by atoms with van der Waals surface area (Å²) >= 11 is 0.